The van der Waals surface area contributed by atoms with Crippen LogP contribution in [0.5, 0.6) is 0 Å². The highest BCUT2D eigenvalue weighted by molar-refractivity contribution is 7.10. The van der Waals surface area contributed by atoms with Crippen molar-refractivity contribution < 1.29 is 0 Å². The van der Waals surface area contributed by atoms with Crippen LogP contribution in [0.4, 0.5) is 0 Å². The third-order valence-electron chi connectivity index (χ3n) is 1.62. The smallest absolute Gasteiger partial charge is 0.108 e. The fourth-order valence-corrected chi connectivity index (χ4v) is 1.92. The molecule has 13 heavy (non-hydrogen) atoms. The minimum atomic E-state index is 0.477. The summed E-state index contributed by atoms with van der Waals surface area (Å²) >= 11 is 7.23. The molecule has 2 aromatic heterocycles. The largest absolute Gasteiger partial charge is 0.264 e. The van der Waals surface area contributed by atoms with Gasteiger partial charge in [-0.3, -0.25) is 4.98 Å². The summed E-state index contributed by atoms with van der Waals surface area (Å²) in [6, 6.07) is 3.88. The van der Waals surface area contributed by atoms with E-state index in [1.165, 1.54) is 0 Å². The molecule has 0 fully saturated rings. The van der Waals surface area contributed by atoms with E-state index in [9.17, 15) is 0 Å². The molecule has 66 valence electrons. The van der Waals surface area contributed by atoms with Gasteiger partial charge < -0.3 is 0 Å². The molecule has 2 nitrogen and oxygen atoms in total. The first-order valence-electron chi connectivity index (χ1n) is 3.81. The molecule has 0 amide bonds. The highest BCUT2D eigenvalue weighted by Crippen LogP contribution is 2.21. The first-order chi connectivity index (χ1) is 6.40. The fraction of sp³-hybridized carbons (Fsp3) is 0.111. The van der Waals surface area contributed by atoms with Crippen molar-refractivity contribution in [1.82, 2.24) is 9.97 Å². The molecule has 0 spiro atoms. The van der Waals surface area contributed by atoms with E-state index in [4.69, 9.17) is 11.6 Å². The molecule has 0 aliphatic rings. The molecule has 0 radical (unpaired) electrons. The maximum atomic E-state index is 5.66. The molecule has 2 heterocycles. The standard InChI is InChI=1S/C9H7ClN2S/c10-4-9-12-8(6-13-9)7-2-1-3-11-5-7/h1-3,5-6H,4H2. The normalized spacial score (nSPS) is 10.2. The predicted molar refractivity (Wildman–Crippen MR) is 54.9 cm³/mol. The van der Waals surface area contributed by atoms with Crippen LogP contribution in [0, 0.1) is 0 Å². The van der Waals surface area contributed by atoms with Crippen LogP contribution in [0.3, 0.4) is 0 Å². The van der Waals surface area contributed by atoms with Gasteiger partial charge in [-0.2, -0.15) is 0 Å². The van der Waals surface area contributed by atoms with Crippen molar-refractivity contribution in [2.24, 2.45) is 0 Å². The second-order valence-electron chi connectivity index (χ2n) is 2.50. The number of alkyl halides is 1. The Kier molecular flexibility index (Phi) is 2.57. The van der Waals surface area contributed by atoms with Crippen molar-refractivity contribution in [3.63, 3.8) is 0 Å². The first kappa shape index (κ1) is 8.66. The van der Waals surface area contributed by atoms with Gasteiger partial charge in [0, 0.05) is 23.3 Å². The lowest BCUT2D eigenvalue weighted by Gasteiger charge is -1.92. The Bertz CT molecular complexity index is 386. The second-order valence-corrected chi connectivity index (χ2v) is 3.71. The van der Waals surface area contributed by atoms with Gasteiger partial charge >= 0.3 is 0 Å². The number of hydrogen-bond donors (Lipinski definition) is 0. The molecule has 0 N–H and O–H groups in total. The van der Waals surface area contributed by atoms with E-state index >= 15 is 0 Å². The zero-order valence-electron chi connectivity index (χ0n) is 6.77. The number of thiazole rings is 1. The maximum Gasteiger partial charge on any atom is 0.108 e. The van der Waals surface area contributed by atoms with Crippen LogP contribution in [0.15, 0.2) is 29.9 Å². The average molecular weight is 211 g/mol. The summed E-state index contributed by atoms with van der Waals surface area (Å²) in [6.07, 6.45) is 3.55. The van der Waals surface area contributed by atoms with Crippen LogP contribution in [0.2, 0.25) is 0 Å². The summed E-state index contributed by atoms with van der Waals surface area (Å²) in [5.74, 6) is 0.477. The van der Waals surface area contributed by atoms with Gasteiger partial charge in [0.15, 0.2) is 0 Å². The molecule has 0 aliphatic heterocycles. The Labute approximate surface area is 85.2 Å². The van der Waals surface area contributed by atoms with Crippen LogP contribution in [0.1, 0.15) is 5.01 Å². The molecule has 0 saturated heterocycles. The summed E-state index contributed by atoms with van der Waals surface area (Å²) in [4.78, 5) is 8.37. The van der Waals surface area contributed by atoms with Gasteiger partial charge in [-0.05, 0) is 12.1 Å². The van der Waals surface area contributed by atoms with E-state index in [1.54, 1.807) is 23.7 Å². The van der Waals surface area contributed by atoms with Crippen molar-refractivity contribution in [1.29, 1.82) is 0 Å². The molecule has 2 aromatic rings. The van der Waals surface area contributed by atoms with Crippen LogP contribution >= 0.6 is 22.9 Å². The SMILES string of the molecule is ClCc1nc(-c2cccnc2)cs1. The molecule has 4 heteroatoms. The lowest BCUT2D eigenvalue weighted by molar-refractivity contribution is 1.25. The summed E-state index contributed by atoms with van der Waals surface area (Å²) in [5.41, 5.74) is 1.99. The summed E-state index contributed by atoms with van der Waals surface area (Å²) in [7, 11) is 0. The molecule has 0 bridgehead atoms. The van der Waals surface area contributed by atoms with E-state index in [0.717, 1.165) is 16.3 Å². The Hall–Kier alpha value is -0.930. The maximum absolute atomic E-state index is 5.66. The van der Waals surface area contributed by atoms with Crippen LogP contribution in [0.25, 0.3) is 11.3 Å². The summed E-state index contributed by atoms with van der Waals surface area (Å²) < 4.78 is 0. The molecule has 2 rings (SSSR count). The van der Waals surface area contributed by atoms with Crippen molar-refractivity contribution in [2.75, 3.05) is 0 Å². The van der Waals surface area contributed by atoms with Gasteiger partial charge in [0.05, 0.1) is 11.6 Å². The number of aromatic nitrogens is 2. The lowest BCUT2D eigenvalue weighted by Crippen LogP contribution is -1.80. The minimum absolute atomic E-state index is 0.477. The molecule has 0 aromatic carbocycles. The van der Waals surface area contributed by atoms with Crippen molar-refractivity contribution in [3.05, 3.63) is 34.9 Å². The topological polar surface area (TPSA) is 25.8 Å². The Morgan fingerprint density at radius 1 is 1.46 bits per heavy atom. The number of hydrogen-bond acceptors (Lipinski definition) is 3. The van der Waals surface area contributed by atoms with E-state index in [1.807, 2.05) is 17.5 Å². The molecular weight excluding hydrogens is 204 g/mol. The van der Waals surface area contributed by atoms with E-state index in [-0.39, 0.29) is 0 Å². The van der Waals surface area contributed by atoms with Crippen LogP contribution in [-0.2, 0) is 5.88 Å². The third-order valence-corrected chi connectivity index (χ3v) is 2.88. The zero-order valence-corrected chi connectivity index (χ0v) is 8.35. The highest BCUT2D eigenvalue weighted by atomic mass is 35.5. The van der Waals surface area contributed by atoms with Gasteiger partial charge in [0.1, 0.15) is 5.01 Å². The van der Waals surface area contributed by atoms with E-state index < -0.39 is 0 Å². The van der Waals surface area contributed by atoms with Crippen molar-refractivity contribution >= 4 is 22.9 Å². The highest BCUT2D eigenvalue weighted by Gasteiger charge is 2.02. The Morgan fingerprint density at radius 2 is 2.38 bits per heavy atom. The third kappa shape index (κ3) is 1.87. The average Bonchev–Trinajstić information content (AvgIpc) is 2.67. The number of halogens is 1. The molecule has 0 unspecified atom stereocenters. The van der Waals surface area contributed by atoms with Crippen LogP contribution < -0.4 is 0 Å². The van der Waals surface area contributed by atoms with E-state index in [0.29, 0.717) is 5.88 Å². The number of pyridine rings is 1. The van der Waals surface area contributed by atoms with Gasteiger partial charge in [-0.15, -0.1) is 22.9 Å². The molecule has 0 saturated carbocycles. The molecule has 0 atom stereocenters. The van der Waals surface area contributed by atoms with Gasteiger partial charge in [0.2, 0.25) is 0 Å². The second kappa shape index (κ2) is 3.85. The monoisotopic (exact) mass is 210 g/mol. The minimum Gasteiger partial charge on any atom is -0.264 e. The molecular formula is C9H7ClN2S. The van der Waals surface area contributed by atoms with Crippen molar-refractivity contribution in [2.45, 2.75) is 5.88 Å². The molecule has 0 aliphatic carbocycles. The van der Waals surface area contributed by atoms with E-state index in [2.05, 4.69) is 9.97 Å². The van der Waals surface area contributed by atoms with Gasteiger partial charge in [0.25, 0.3) is 0 Å². The fourth-order valence-electron chi connectivity index (χ4n) is 1.02. The van der Waals surface area contributed by atoms with Crippen LogP contribution in [-0.4, -0.2) is 9.97 Å². The van der Waals surface area contributed by atoms with Gasteiger partial charge in [-0.1, -0.05) is 0 Å². The van der Waals surface area contributed by atoms with Crippen molar-refractivity contribution in [3.8, 4) is 11.3 Å². The first-order valence-corrected chi connectivity index (χ1v) is 5.22. The lowest BCUT2D eigenvalue weighted by atomic mass is 10.2. The Balaban J connectivity index is 2.36. The zero-order chi connectivity index (χ0) is 9.10. The van der Waals surface area contributed by atoms with Gasteiger partial charge in [-0.25, -0.2) is 4.98 Å². The predicted octanol–water partition coefficient (Wildman–Crippen LogP) is 2.94. The number of rotatable bonds is 2. The summed E-state index contributed by atoms with van der Waals surface area (Å²) in [6.45, 7) is 0. The quantitative estimate of drug-likeness (QED) is 0.713. The summed E-state index contributed by atoms with van der Waals surface area (Å²) in [5, 5.41) is 2.94. The Morgan fingerprint density at radius 3 is 3.00 bits per heavy atom. The number of nitrogens with zero attached hydrogens (tertiary/aromatic N) is 2.